The van der Waals surface area contributed by atoms with Crippen LogP contribution < -0.4 is 0 Å². The summed E-state index contributed by atoms with van der Waals surface area (Å²) in [6.07, 6.45) is 7.11. The van der Waals surface area contributed by atoms with E-state index in [-0.39, 0.29) is 0 Å². The first-order valence-electron chi connectivity index (χ1n) is 4.23. The molecule has 5 nitrogen and oxygen atoms in total. The molecule has 14 heavy (non-hydrogen) atoms. The maximum absolute atomic E-state index is 4.35. The highest BCUT2D eigenvalue weighted by Gasteiger charge is 2.03. The molecule has 0 spiro atoms. The molecule has 0 atom stereocenters. The average Bonchev–Trinajstić information content (AvgIpc) is 2.88. The number of fused-ring (bicyclic) bond motifs is 1. The van der Waals surface area contributed by atoms with Crippen LogP contribution in [0, 0.1) is 0 Å². The highest BCUT2D eigenvalue weighted by Crippen LogP contribution is 2.15. The van der Waals surface area contributed by atoms with E-state index in [2.05, 4.69) is 25.1 Å². The largest absolute Gasteiger partial charge is 0.346 e. The molecule has 0 amide bonds. The van der Waals surface area contributed by atoms with E-state index in [0.29, 0.717) is 5.82 Å². The van der Waals surface area contributed by atoms with Gasteiger partial charge in [0.05, 0.1) is 11.8 Å². The van der Waals surface area contributed by atoms with Crippen molar-refractivity contribution >= 4 is 11.0 Å². The molecule has 0 saturated carbocycles. The first-order chi connectivity index (χ1) is 6.93. The Morgan fingerprint density at radius 3 is 3.07 bits per heavy atom. The molecule has 0 aliphatic carbocycles. The molecule has 0 aromatic carbocycles. The number of aromatic amines is 2. The quantitative estimate of drug-likeness (QED) is 0.601. The molecule has 0 unspecified atom stereocenters. The van der Waals surface area contributed by atoms with Gasteiger partial charge in [0.1, 0.15) is 5.65 Å². The van der Waals surface area contributed by atoms with Crippen molar-refractivity contribution in [3.8, 4) is 11.4 Å². The minimum Gasteiger partial charge on any atom is -0.346 e. The summed E-state index contributed by atoms with van der Waals surface area (Å²) in [5, 5.41) is 7.59. The third-order valence-corrected chi connectivity index (χ3v) is 2.06. The molecule has 68 valence electrons. The van der Waals surface area contributed by atoms with Gasteiger partial charge < -0.3 is 4.98 Å². The van der Waals surface area contributed by atoms with Crippen molar-refractivity contribution in [3.63, 3.8) is 0 Å². The average molecular weight is 185 g/mol. The number of nitrogens with one attached hydrogen (secondary N) is 2. The van der Waals surface area contributed by atoms with Crippen LogP contribution in [-0.2, 0) is 0 Å². The lowest BCUT2D eigenvalue weighted by atomic mass is 10.3. The summed E-state index contributed by atoms with van der Waals surface area (Å²) in [6.45, 7) is 0. The lowest BCUT2D eigenvalue weighted by Crippen LogP contribution is -1.86. The molecule has 0 aliphatic heterocycles. The van der Waals surface area contributed by atoms with Crippen LogP contribution in [0.3, 0.4) is 0 Å². The Morgan fingerprint density at radius 1 is 1.21 bits per heavy atom. The van der Waals surface area contributed by atoms with Gasteiger partial charge in [0, 0.05) is 24.0 Å². The van der Waals surface area contributed by atoms with Gasteiger partial charge in [-0.25, -0.2) is 9.97 Å². The third kappa shape index (κ3) is 0.990. The SMILES string of the molecule is c1cc2cnc(-c3cn[nH]c3)nc2[nH]1. The Bertz CT molecular complexity index is 551. The number of hydrogen-bond acceptors (Lipinski definition) is 3. The second kappa shape index (κ2) is 2.66. The van der Waals surface area contributed by atoms with E-state index in [1.165, 1.54) is 0 Å². The van der Waals surface area contributed by atoms with E-state index in [1.54, 1.807) is 18.6 Å². The second-order valence-electron chi connectivity index (χ2n) is 2.96. The third-order valence-electron chi connectivity index (χ3n) is 2.06. The molecule has 3 heterocycles. The highest BCUT2D eigenvalue weighted by atomic mass is 15.1. The molecule has 3 rings (SSSR count). The van der Waals surface area contributed by atoms with E-state index in [0.717, 1.165) is 16.6 Å². The summed E-state index contributed by atoms with van der Waals surface area (Å²) in [4.78, 5) is 11.6. The Labute approximate surface area is 79.2 Å². The molecule has 0 radical (unpaired) electrons. The molecule has 0 fully saturated rings. The molecule has 0 aliphatic rings. The summed E-state index contributed by atoms with van der Waals surface area (Å²) in [6, 6.07) is 1.94. The van der Waals surface area contributed by atoms with Crippen molar-refractivity contribution in [1.29, 1.82) is 0 Å². The predicted molar refractivity (Wildman–Crippen MR) is 51.5 cm³/mol. The van der Waals surface area contributed by atoms with Crippen LogP contribution in [0.2, 0.25) is 0 Å². The van der Waals surface area contributed by atoms with Crippen molar-refractivity contribution < 1.29 is 0 Å². The highest BCUT2D eigenvalue weighted by molar-refractivity contribution is 5.76. The van der Waals surface area contributed by atoms with Gasteiger partial charge in [-0.2, -0.15) is 5.10 Å². The number of aromatic nitrogens is 5. The first kappa shape index (κ1) is 7.25. The van der Waals surface area contributed by atoms with Crippen LogP contribution in [0.25, 0.3) is 22.4 Å². The maximum atomic E-state index is 4.35. The van der Waals surface area contributed by atoms with Gasteiger partial charge in [-0.05, 0) is 6.07 Å². The fourth-order valence-corrected chi connectivity index (χ4v) is 1.35. The number of hydrogen-bond donors (Lipinski definition) is 2. The van der Waals surface area contributed by atoms with Crippen molar-refractivity contribution in [2.45, 2.75) is 0 Å². The van der Waals surface area contributed by atoms with E-state index in [9.17, 15) is 0 Å². The van der Waals surface area contributed by atoms with Gasteiger partial charge >= 0.3 is 0 Å². The van der Waals surface area contributed by atoms with Crippen molar-refractivity contribution in [2.75, 3.05) is 0 Å². The molecule has 3 aromatic heterocycles. The van der Waals surface area contributed by atoms with Gasteiger partial charge in [-0.3, -0.25) is 5.10 Å². The predicted octanol–water partition coefficient (Wildman–Crippen LogP) is 1.35. The minimum atomic E-state index is 0.675. The van der Waals surface area contributed by atoms with E-state index < -0.39 is 0 Å². The van der Waals surface area contributed by atoms with Gasteiger partial charge in [-0.1, -0.05) is 0 Å². The monoisotopic (exact) mass is 185 g/mol. The molecule has 2 N–H and O–H groups in total. The number of H-pyrrole nitrogens is 2. The van der Waals surface area contributed by atoms with Gasteiger partial charge in [0.2, 0.25) is 0 Å². The summed E-state index contributed by atoms with van der Waals surface area (Å²) in [7, 11) is 0. The van der Waals surface area contributed by atoms with Crippen LogP contribution in [0.4, 0.5) is 0 Å². The molecule has 0 saturated heterocycles. The first-order valence-corrected chi connectivity index (χ1v) is 4.23. The molecular weight excluding hydrogens is 178 g/mol. The molecular formula is C9H7N5. The van der Waals surface area contributed by atoms with Gasteiger partial charge in [0.15, 0.2) is 5.82 Å². The summed E-state index contributed by atoms with van der Waals surface area (Å²) in [5.74, 6) is 0.675. The Hall–Kier alpha value is -2.17. The summed E-state index contributed by atoms with van der Waals surface area (Å²) >= 11 is 0. The zero-order valence-corrected chi connectivity index (χ0v) is 7.23. The molecule has 0 bridgehead atoms. The lowest BCUT2D eigenvalue weighted by Gasteiger charge is -1.94. The van der Waals surface area contributed by atoms with Crippen LogP contribution in [0.1, 0.15) is 0 Å². The van der Waals surface area contributed by atoms with Crippen molar-refractivity contribution in [2.24, 2.45) is 0 Å². The number of rotatable bonds is 1. The van der Waals surface area contributed by atoms with E-state index in [1.807, 2.05) is 12.3 Å². The zero-order chi connectivity index (χ0) is 9.38. The van der Waals surface area contributed by atoms with Crippen LogP contribution >= 0.6 is 0 Å². The van der Waals surface area contributed by atoms with Gasteiger partial charge in [-0.15, -0.1) is 0 Å². The lowest BCUT2D eigenvalue weighted by molar-refractivity contribution is 1.09. The van der Waals surface area contributed by atoms with Crippen LogP contribution in [0.15, 0.2) is 30.9 Å². The molecule has 5 heteroatoms. The van der Waals surface area contributed by atoms with Crippen LogP contribution in [-0.4, -0.2) is 25.1 Å². The Balaban J connectivity index is 2.23. The number of nitrogens with zero attached hydrogens (tertiary/aromatic N) is 3. The van der Waals surface area contributed by atoms with E-state index >= 15 is 0 Å². The minimum absolute atomic E-state index is 0.675. The zero-order valence-electron chi connectivity index (χ0n) is 7.23. The summed E-state index contributed by atoms with van der Waals surface area (Å²) < 4.78 is 0. The van der Waals surface area contributed by atoms with E-state index in [4.69, 9.17) is 0 Å². The van der Waals surface area contributed by atoms with Gasteiger partial charge in [0.25, 0.3) is 0 Å². The Kier molecular flexibility index (Phi) is 1.38. The fraction of sp³-hybridized carbons (Fsp3) is 0. The van der Waals surface area contributed by atoms with Crippen molar-refractivity contribution in [1.82, 2.24) is 25.1 Å². The van der Waals surface area contributed by atoms with Crippen molar-refractivity contribution in [3.05, 3.63) is 30.9 Å². The fourth-order valence-electron chi connectivity index (χ4n) is 1.35. The van der Waals surface area contributed by atoms with Crippen LogP contribution in [0.5, 0.6) is 0 Å². The second-order valence-corrected chi connectivity index (χ2v) is 2.96. The molecule has 3 aromatic rings. The smallest absolute Gasteiger partial charge is 0.164 e. The topological polar surface area (TPSA) is 70.2 Å². The summed E-state index contributed by atoms with van der Waals surface area (Å²) in [5.41, 5.74) is 1.73. The standard InChI is InChI=1S/C9H7N5/c1-2-10-8-6(1)3-11-9(14-8)7-4-12-13-5-7/h1-5H,(H,12,13)(H,10,11,14). The maximum Gasteiger partial charge on any atom is 0.164 e. The normalized spacial score (nSPS) is 10.9. The Morgan fingerprint density at radius 2 is 2.21 bits per heavy atom.